The molecule has 15 heavy (non-hydrogen) atoms. The third-order valence-electron chi connectivity index (χ3n) is 2.20. The molecular formula is C9H13Br2N3O. The van der Waals surface area contributed by atoms with Crippen LogP contribution in [0.3, 0.4) is 0 Å². The van der Waals surface area contributed by atoms with Gasteiger partial charge in [0.1, 0.15) is 10.6 Å². The highest BCUT2D eigenvalue weighted by Gasteiger charge is 2.21. The molecule has 0 aliphatic carbocycles. The minimum atomic E-state index is -0.289. The first-order valence-electron chi connectivity index (χ1n) is 4.47. The molecule has 1 aromatic heterocycles. The lowest BCUT2D eigenvalue weighted by molar-refractivity contribution is -0.132. The number of amides is 1. The van der Waals surface area contributed by atoms with Crippen molar-refractivity contribution in [2.45, 2.75) is 19.9 Å². The topological polar surface area (TPSA) is 38.1 Å². The number of hydrogen-bond acceptors (Lipinski definition) is 2. The fraction of sp³-hybridized carbons (Fsp3) is 0.556. The molecule has 4 nitrogen and oxygen atoms in total. The Hall–Kier alpha value is -0.360. The molecule has 0 N–H and O–H groups in total. The predicted octanol–water partition coefficient (Wildman–Crippen LogP) is 2.37. The Bertz CT molecular complexity index is 387. The Morgan fingerprint density at radius 3 is 2.33 bits per heavy atom. The summed E-state index contributed by atoms with van der Waals surface area (Å²) in [5.74, 6) is 0.0283. The zero-order valence-corrected chi connectivity index (χ0v) is 12.3. The van der Waals surface area contributed by atoms with Gasteiger partial charge in [-0.25, -0.2) is 0 Å². The van der Waals surface area contributed by atoms with Crippen LogP contribution >= 0.6 is 31.9 Å². The van der Waals surface area contributed by atoms with Gasteiger partial charge in [-0.3, -0.25) is 9.48 Å². The first kappa shape index (κ1) is 12.7. The van der Waals surface area contributed by atoms with Crippen molar-refractivity contribution in [3.63, 3.8) is 0 Å². The molecule has 0 unspecified atom stereocenters. The van der Waals surface area contributed by atoms with Gasteiger partial charge in [0.2, 0.25) is 5.91 Å². The average molecular weight is 339 g/mol. The van der Waals surface area contributed by atoms with Crippen LogP contribution in [0.1, 0.15) is 18.7 Å². The molecule has 0 radical (unpaired) electrons. The lowest BCUT2D eigenvalue weighted by Gasteiger charge is -2.18. The second kappa shape index (κ2) is 4.65. The largest absolute Gasteiger partial charge is 0.347 e. The number of carbonyl (C=O) groups excluding carboxylic acids is 1. The van der Waals surface area contributed by atoms with Crippen molar-refractivity contribution < 1.29 is 4.79 Å². The SMILES string of the molecule is Cc1c(Br)c(Br)nn1[C@@H](C)C(=O)N(C)C. The maximum absolute atomic E-state index is 11.8. The molecule has 84 valence electrons. The maximum Gasteiger partial charge on any atom is 0.246 e. The van der Waals surface area contributed by atoms with E-state index < -0.39 is 0 Å². The summed E-state index contributed by atoms with van der Waals surface area (Å²) >= 11 is 6.72. The van der Waals surface area contributed by atoms with E-state index in [0.717, 1.165) is 14.8 Å². The summed E-state index contributed by atoms with van der Waals surface area (Å²) < 4.78 is 3.32. The van der Waals surface area contributed by atoms with Crippen molar-refractivity contribution in [1.82, 2.24) is 14.7 Å². The number of rotatable bonds is 2. The third kappa shape index (κ3) is 2.42. The van der Waals surface area contributed by atoms with Gasteiger partial charge in [-0.2, -0.15) is 5.10 Å². The lowest BCUT2D eigenvalue weighted by atomic mass is 10.3. The number of hydrogen-bond donors (Lipinski definition) is 0. The number of halogens is 2. The molecule has 1 amide bonds. The second-order valence-electron chi connectivity index (χ2n) is 3.54. The standard InChI is InChI=1S/C9H13Br2N3O/c1-5-7(10)8(11)12-14(5)6(2)9(15)13(3)4/h6H,1-4H3/t6-/m0/s1. The van der Waals surface area contributed by atoms with Crippen molar-refractivity contribution >= 4 is 37.8 Å². The van der Waals surface area contributed by atoms with Crippen molar-refractivity contribution in [3.05, 3.63) is 14.8 Å². The first-order chi connectivity index (χ1) is 6.86. The van der Waals surface area contributed by atoms with Crippen molar-refractivity contribution in [2.75, 3.05) is 14.1 Å². The summed E-state index contributed by atoms with van der Waals surface area (Å²) in [5.41, 5.74) is 0.935. The number of aromatic nitrogens is 2. The van der Waals surface area contributed by atoms with E-state index in [1.807, 2.05) is 13.8 Å². The van der Waals surface area contributed by atoms with Crippen LogP contribution in [-0.2, 0) is 4.79 Å². The van der Waals surface area contributed by atoms with Crippen LogP contribution in [0.2, 0.25) is 0 Å². The molecule has 0 bridgehead atoms. The van der Waals surface area contributed by atoms with Crippen molar-refractivity contribution in [2.24, 2.45) is 0 Å². The molecular weight excluding hydrogens is 326 g/mol. The first-order valence-corrected chi connectivity index (χ1v) is 6.06. The Kier molecular flexibility index (Phi) is 3.94. The van der Waals surface area contributed by atoms with Gasteiger partial charge in [0, 0.05) is 14.1 Å². The van der Waals surface area contributed by atoms with Gasteiger partial charge in [-0.1, -0.05) is 0 Å². The van der Waals surface area contributed by atoms with E-state index in [4.69, 9.17) is 0 Å². The average Bonchev–Trinajstić information content (AvgIpc) is 2.43. The molecule has 0 saturated heterocycles. The number of nitrogens with zero attached hydrogens (tertiary/aromatic N) is 3. The van der Waals surface area contributed by atoms with Gasteiger partial charge in [0.25, 0.3) is 0 Å². The van der Waals surface area contributed by atoms with Crippen LogP contribution in [0.25, 0.3) is 0 Å². The summed E-state index contributed by atoms with van der Waals surface area (Å²) in [6.45, 7) is 3.75. The number of likely N-dealkylation sites (N-methyl/N-ethyl adjacent to an activating group) is 1. The van der Waals surface area contributed by atoms with Gasteiger partial charge in [-0.15, -0.1) is 0 Å². The molecule has 1 rings (SSSR count). The van der Waals surface area contributed by atoms with E-state index in [9.17, 15) is 4.79 Å². The fourth-order valence-electron chi connectivity index (χ4n) is 1.32. The molecule has 6 heteroatoms. The third-order valence-corrected chi connectivity index (χ3v) is 4.24. The molecule has 1 atom stereocenters. The van der Waals surface area contributed by atoms with E-state index >= 15 is 0 Å². The van der Waals surface area contributed by atoms with Crippen molar-refractivity contribution in [1.29, 1.82) is 0 Å². The summed E-state index contributed by atoms with van der Waals surface area (Å²) in [4.78, 5) is 13.3. The van der Waals surface area contributed by atoms with Crippen LogP contribution in [0.4, 0.5) is 0 Å². The Labute approximate surface area is 106 Å². The smallest absolute Gasteiger partial charge is 0.246 e. The Morgan fingerprint density at radius 1 is 1.47 bits per heavy atom. The second-order valence-corrected chi connectivity index (χ2v) is 5.09. The molecule has 0 spiro atoms. The van der Waals surface area contributed by atoms with Gasteiger partial charge in [0.15, 0.2) is 0 Å². The number of carbonyl (C=O) groups is 1. The van der Waals surface area contributed by atoms with Crippen molar-refractivity contribution in [3.8, 4) is 0 Å². The van der Waals surface area contributed by atoms with Crippen LogP contribution < -0.4 is 0 Å². The maximum atomic E-state index is 11.8. The normalized spacial score (nSPS) is 12.7. The van der Waals surface area contributed by atoms with E-state index in [0.29, 0.717) is 0 Å². The van der Waals surface area contributed by atoms with E-state index in [-0.39, 0.29) is 11.9 Å². The van der Waals surface area contributed by atoms with Gasteiger partial charge >= 0.3 is 0 Å². The summed E-state index contributed by atoms with van der Waals surface area (Å²) in [5, 5.41) is 4.25. The van der Waals surface area contributed by atoms with E-state index in [2.05, 4.69) is 37.0 Å². The lowest BCUT2D eigenvalue weighted by Crippen LogP contribution is -2.30. The predicted molar refractivity (Wildman–Crippen MR) is 65.8 cm³/mol. The van der Waals surface area contributed by atoms with E-state index in [1.54, 1.807) is 23.7 Å². The zero-order valence-electron chi connectivity index (χ0n) is 9.08. The Morgan fingerprint density at radius 2 is 2.00 bits per heavy atom. The molecule has 0 aromatic carbocycles. The monoisotopic (exact) mass is 337 g/mol. The van der Waals surface area contributed by atoms with Gasteiger partial charge in [0.05, 0.1) is 10.2 Å². The molecule has 0 saturated carbocycles. The fourth-order valence-corrected chi connectivity index (χ4v) is 2.04. The van der Waals surface area contributed by atoms with Gasteiger partial charge < -0.3 is 4.90 Å². The quantitative estimate of drug-likeness (QED) is 0.830. The molecule has 1 aromatic rings. The summed E-state index contributed by atoms with van der Waals surface area (Å²) in [6, 6.07) is -0.289. The highest BCUT2D eigenvalue weighted by molar-refractivity contribution is 9.13. The Balaban J connectivity index is 3.06. The van der Waals surface area contributed by atoms with Crippen LogP contribution in [0.15, 0.2) is 9.08 Å². The van der Waals surface area contributed by atoms with Crippen LogP contribution in [0, 0.1) is 6.92 Å². The molecule has 0 aliphatic rings. The highest BCUT2D eigenvalue weighted by Crippen LogP contribution is 2.27. The minimum absolute atomic E-state index is 0.0283. The minimum Gasteiger partial charge on any atom is -0.347 e. The highest BCUT2D eigenvalue weighted by atomic mass is 79.9. The summed E-state index contributed by atoms with van der Waals surface area (Å²) in [7, 11) is 3.48. The van der Waals surface area contributed by atoms with Crippen LogP contribution in [0.5, 0.6) is 0 Å². The molecule has 1 heterocycles. The van der Waals surface area contributed by atoms with Crippen LogP contribution in [-0.4, -0.2) is 34.7 Å². The molecule has 0 fully saturated rings. The zero-order chi connectivity index (χ0) is 11.7. The molecule has 0 aliphatic heterocycles. The summed E-state index contributed by atoms with van der Waals surface area (Å²) in [6.07, 6.45) is 0. The van der Waals surface area contributed by atoms with Gasteiger partial charge in [-0.05, 0) is 45.7 Å². The van der Waals surface area contributed by atoms with E-state index in [1.165, 1.54) is 0 Å².